The molecule has 0 saturated carbocycles. The van der Waals surface area contributed by atoms with Gasteiger partial charge in [0.25, 0.3) is 0 Å². The Morgan fingerprint density at radius 2 is 2.11 bits per heavy atom. The van der Waals surface area contributed by atoms with Gasteiger partial charge in [0.1, 0.15) is 5.58 Å². The first-order valence-corrected chi connectivity index (χ1v) is 6.40. The van der Waals surface area contributed by atoms with E-state index in [1.165, 1.54) is 0 Å². The summed E-state index contributed by atoms with van der Waals surface area (Å²) in [5, 5.41) is 9.74. The molecular weight excluding hydrogens is 242 g/mol. The third kappa shape index (κ3) is 3.35. The molecule has 0 atom stereocenters. The Hall–Kier alpha value is -1.81. The molecule has 4 nitrogen and oxygen atoms in total. The highest BCUT2D eigenvalue weighted by Crippen LogP contribution is 2.21. The van der Waals surface area contributed by atoms with E-state index in [0.29, 0.717) is 11.5 Å². The van der Waals surface area contributed by atoms with Crippen molar-refractivity contribution >= 4 is 16.9 Å². The first kappa shape index (κ1) is 13.6. The quantitative estimate of drug-likeness (QED) is 0.897. The monoisotopic (exact) mass is 261 g/mol. The van der Waals surface area contributed by atoms with Gasteiger partial charge in [-0.3, -0.25) is 0 Å². The van der Waals surface area contributed by atoms with Gasteiger partial charge in [0, 0.05) is 18.5 Å². The molecular formula is C15H19NO3. The fourth-order valence-corrected chi connectivity index (χ4v) is 2.30. The van der Waals surface area contributed by atoms with Gasteiger partial charge in [0.05, 0.1) is 0 Å². The molecule has 0 radical (unpaired) electrons. The zero-order valence-corrected chi connectivity index (χ0v) is 11.5. The molecule has 0 amide bonds. The lowest BCUT2D eigenvalue weighted by Crippen LogP contribution is -2.22. The zero-order chi connectivity index (χ0) is 14.0. The number of benzene rings is 1. The molecule has 102 valence electrons. The number of nitrogens with zero attached hydrogens (tertiary/aromatic N) is 1. The molecule has 1 heterocycles. The maximum atomic E-state index is 10.9. The molecule has 0 fully saturated rings. The van der Waals surface area contributed by atoms with Crippen molar-refractivity contribution in [3.8, 4) is 0 Å². The van der Waals surface area contributed by atoms with Gasteiger partial charge in [0.2, 0.25) is 5.76 Å². The molecule has 2 aromatic rings. The molecule has 1 aromatic carbocycles. The third-order valence-corrected chi connectivity index (χ3v) is 2.92. The summed E-state index contributed by atoms with van der Waals surface area (Å²) >= 11 is 0. The lowest BCUT2D eigenvalue weighted by molar-refractivity contribution is 0.0665. The number of rotatable bonds is 5. The molecule has 0 aliphatic carbocycles. The second-order valence-corrected chi connectivity index (χ2v) is 5.38. The third-order valence-electron chi connectivity index (χ3n) is 2.92. The van der Waals surface area contributed by atoms with Crippen molar-refractivity contribution in [2.75, 3.05) is 13.6 Å². The molecule has 0 unspecified atom stereocenters. The number of carboxylic acids is 1. The highest BCUT2D eigenvalue weighted by molar-refractivity contribution is 5.91. The summed E-state index contributed by atoms with van der Waals surface area (Å²) in [6.07, 6.45) is 0. The van der Waals surface area contributed by atoms with E-state index in [1.807, 2.05) is 18.2 Å². The summed E-state index contributed by atoms with van der Waals surface area (Å²) in [6, 6.07) is 7.38. The topological polar surface area (TPSA) is 53.7 Å². The summed E-state index contributed by atoms with van der Waals surface area (Å²) in [7, 11) is 2.09. The summed E-state index contributed by atoms with van der Waals surface area (Å²) < 4.78 is 5.24. The van der Waals surface area contributed by atoms with Gasteiger partial charge in [-0.2, -0.15) is 0 Å². The van der Waals surface area contributed by atoms with E-state index in [9.17, 15) is 4.79 Å². The predicted molar refractivity (Wildman–Crippen MR) is 74.3 cm³/mol. The fraction of sp³-hybridized carbons (Fsp3) is 0.400. The number of carbonyl (C=O) groups is 1. The first-order chi connectivity index (χ1) is 8.95. The number of fused-ring (bicyclic) bond motifs is 1. The molecule has 1 N–H and O–H groups in total. The van der Waals surface area contributed by atoms with Gasteiger partial charge in [-0.05, 0) is 36.7 Å². The number of carboxylic acid groups (broad SMARTS) is 1. The first-order valence-electron chi connectivity index (χ1n) is 6.40. The molecule has 0 spiro atoms. The van der Waals surface area contributed by atoms with E-state index in [-0.39, 0.29) is 5.76 Å². The van der Waals surface area contributed by atoms with E-state index < -0.39 is 5.97 Å². The maximum Gasteiger partial charge on any atom is 0.371 e. The summed E-state index contributed by atoms with van der Waals surface area (Å²) in [6.45, 7) is 6.26. The smallest absolute Gasteiger partial charge is 0.371 e. The fourth-order valence-electron chi connectivity index (χ4n) is 2.30. The van der Waals surface area contributed by atoms with E-state index in [4.69, 9.17) is 9.52 Å². The van der Waals surface area contributed by atoms with Crippen molar-refractivity contribution < 1.29 is 14.3 Å². The van der Waals surface area contributed by atoms with E-state index >= 15 is 0 Å². The van der Waals surface area contributed by atoms with E-state index in [1.54, 1.807) is 6.07 Å². The highest BCUT2D eigenvalue weighted by Gasteiger charge is 2.11. The molecule has 19 heavy (non-hydrogen) atoms. The van der Waals surface area contributed by atoms with Crippen molar-refractivity contribution in [1.82, 2.24) is 4.90 Å². The van der Waals surface area contributed by atoms with Gasteiger partial charge in [-0.25, -0.2) is 4.79 Å². The standard InChI is InChI=1S/C15H19NO3/c1-10(2)8-16(3)9-11-4-5-13-12(6-11)7-14(19-13)15(17)18/h4-7,10H,8-9H2,1-3H3,(H,17,18). The van der Waals surface area contributed by atoms with E-state index in [0.717, 1.165) is 24.0 Å². The molecule has 0 aliphatic heterocycles. The summed E-state index contributed by atoms with van der Waals surface area (Å²) in [5.74, 6) is -0.418. The Morgan fingerprint density at radius 1 is 1.37 bits per heavy atom. The Bertz CT molecular complexity index is 586. The number of hydrogen-bond acceptors (Lipinski definition) is 3. The normalized spacial score (nSPS) is 11.6. The molecule has 0 bridgehead atoms. The van der Waals surface area contributed by atoms with Crippen LogP contribution in [0.25, 0.3) is 11.0 Å². The van der Waals surface area contributed by atoms with Crippen LogP contribution in [0.5, 0.6) is 0 Å². The van der Waals surface area contributed by atoms with Gasteiger partial charge in [-0.1, -0.05) is 19.9 Å². The van der Waals surface area contributed by atoms with Gasteiger partial charge >= 0.3 is 5.97 Å². The SMILES string of the molecule is CC(C)CN(C)Cc1ccc2oc(C(=O)O)cc2c1. The Labute approximate surface area is 112 Å². The van der Waals surface area contributed by atoms with Crippen molar-refractivity contribution in [2.45, 2.75) is 20.4 Å². The van der Waals surface area contributed by atoms with Gasteiger partial charge in [-0.15, -0.1) is 0 Å². The van der Waals surface area contributed by atoms with Crippen LogP contribution >= 0.6 is 0 Å². The minimum absolute atomic E-state index is 0.0114. The van der Waals surface area contributed by atoms with Gasteiger partial charge < -0.3 is 14.4 Å². The minimum atomic E-state index is -1.03. The summed E-state index contributed by atoms with van der Waals surface area (Å²) in [5.41, 5.74) is 1.78. The molecule has 0 aliphatic rings. The van der Waals surface area contributed by atoms with Crippen LogP contribution in [0.4, 0.5) is 0 Å². The number of furan rings is 1. The van der Waals surface area contributed by atoms with Gasteiger partial charge in [0.15, 0.2) is 0 Å². The molecule has 0 saturated heterocycles. The van der Waals surface area contributed by atoms with Crippen LogP contribution < -0.4 is 0 Å². The largest absolute Gasteiger partial charge is 0.475 e. The Kier molecular flexibility index (Phi) is 3.90. The van der Waals surface area contributed by atoms with Crippen LogP contribution in [0.3, 0.4) is 0 Å². The van der Waals surface area contributed by atoms with Crippen molar-refractivity contribution in [3.05, 3.63) is 35.6 Å². The van der Waals surface area contributed by atoms with Crippen molar-refractivity contribution in [3.63, 3.8) is 0 Å². The zero-order valence-electron chi connectivity index (χ0n) is 11.5. The maximum absolute atomic E-state index is 10.9. The predicted octanol–water partition coefficient (Wildman–Crippen LogP) is 3.22. The summed E-state index contributed by atoms with van der Waals surface area (Å²) in [4.78, 5) is 13.1. The second-order valence-electron chi connectivity index (χ2n) is 5.38. The Balaban J connectivity index is 2.19. The average molecular weight is 261 g/mol. The second kappa shape index (κ2) is 5.45. The van der Waals surface area contributed by atoms with Crippen LogP contribution in [0.2, 0.25) is 0 Å². The number of aromatic carboxylic acids is 1. The van der Waals surface area contributed by atoms with Crippen LogP contribution in [-0.4, -0.2) is 29.6 Å². The lowest BCUT2D eigenvalue weighted by Gasteiger charge is -2.18. The van der Waals surface area contributed by atoms with Crippen molar-refractivity contribution in [2.24, 2.45) is 5.92 Å². The molecule has 4 heteroatoms. The molecule has 1 aromatic heterocycles. The average Bonchev–Trinajstić information content (AvgIpc) is 2.70. The lowest BCUT2D eigenvalue weighted by atomic mass is 10.1. The van der Waals surface area contributed by atoms with E-state index in [2.05, 4.69) is 25.8 Å². The van der Waals surface area contributed by atoms with Crippen LogP contribution in [0, 0.1) is 5.92 Å². The molecule has 2 rings (SSSR count). The van der Waals surface area contributed by atoms with Crippen molar-refractivity contribution in [1.29, 1.82) is 0 Å². The number of hydrogen-bond donors (Lipinski definition) is 1. The minimum Gasteiger partial charge on any atom is -0.475 e. The van der Waals surface area contributed by atoms with Crippen LogP contribution in [-0.2, 0) is 6.54 Å². The van der Waals surface area contributed by atoms with Crippen LogP contribution in [0.1, 0.15) is 30.0 Å². The Morgan fingerprint density at radius 3 is 2.74 bits per heavy atom. The van der Waals surface area contributed by atoms with Crippen LogP contribution in [0.15, 0.2) is 28.7 Å². The highest BCUT2D eigenvalue weighted by atomic mass is 16.4.